The van der Waals surface area contributed by atoms with Crippen LogP contribution in [0.15, 0.2) is 40.8 Å². The fourth-order valence-electron chi connectivity index (χ4n) is 1.90. The average Bonchev–Trinajstić information content (AvgIpc) is 2.81. The Balaban J connectivity index is 2.13. The van der Waals surface area contributed by atoms with Gasteiger partial charge in [0.1, 0.15) is 11.3 Å². The van der Waals surface area contributed by atoms with Gasteiger partial charge in [-0.1, -0.05) is 0 Å². The van der Waals surface area contributed by atoms with E-state index in [1.54, 1.807) is 31.4 Å². The summed E-state index contributed by atoms with van der Waals surface area (Å²) >= 11 is 0. The third-order valence-corrected chi connectivity index (χ3v) is 2.90. The van der Waals surface area contributed by atoms with Crippen LogP contribution in [0.2, 0.25) is 0 Å². The first kappa shape index (κ1) is 11.4. The van der Waals surface area contributed by atoms with Crippen LogP contribution in [0.3, 0.4) is 0 Å². The van der Waals surface area contributed by atoms with E-state index in [0.717, 1.165) is 5.56 Å². The third-order valence-electron chi connectivity index (χ3n) is 2.90. The average molecular weight is 255 g/mol. The second-order valence-electron chi connectivity index (χ2n) is 4.20. The van der Waals surface area contributed by atoms with Gasteiger partial charge in [-0.15, -0.1) is 0 Å². The van der Waals surface area contributed by atoms with E-state index in [2.05, 4.69) is 4.98 Å². The van der Waals surface area contributed by atoms with Gasteiger partial charge in [-0.05, 0) is 24.3 Å². The molecule has 3 rings (SSSR count). The van der Waals surface area contributed by atoms with Crippen molar-refractivity contribution in [2.75, 3.05) is 18.6 Å². The van der Waals surface area contributed by atoms with Crippen molar-refractivity contribution in [3.8, 4) is 17.2 Å². The van der Waals surface area contributed by atoms with Crippen molar-refractivity contribution < 1.29 is 9.15 Å². The highest BCUT2D eigenvalue weighted by molar-refractivity contribution is 5.82. The normalized spacial score (nSPS) is 10.8. The van der Waals surface area contributed by atoms with Crippen LogP contribution in [0.5, 0.6) is 5.75 Å². The molecule has 0 amide bonds. The number of aromatic nitrogens is 1. The van der Waals surface area contributed by atoms with Gasteiger partial charge < -0.3 is 20.6 Å². The van der Waals surface area contributed by atoms with E-state index in [1.165, 1.54) is 0 Å². The van der Waals surface area contributed by atoms with Crippen LogP contribution in [-0.4, -0.2) is 12.1 Å². The molecule has 1 aromatic heterocycles. The van der Waals surface area contributed by atoms with Crippen molar-refractivity contribution in [2.24, 2.45) is 0 Å². The van der Waals surface area contributed by atoms with Crippen LogP contribution in [0.1, 0.15) is 0 Å². The SMILES string of the molecule is COc1cc2nc(-c3ccc(N)cc3)oc2cc1N. The number of anilines is 2. The third kappa shape index (κ3) is 1.95. The van der Waals surface area contributed by atoms with Gasteiger partial charge >= 0.3 is 0 Å². The van der Waals surface area contributed by atoms with Crippen LogP contribution in [0.4, 0.5) is 11.4 Å². The molecule has 0 radical (unpaired) electrons. The fraction of sp³-hybridized carbons (Fsp3) is 0.0714. The van der Waals surface area contributed by atoms with Gasteiger partial charge in [-0.25, -0.2) is 4.98 Å². The van der Waals surface area contributed by atoms with Crippen molar-refractivity contribution >= 4 is 22.5 Å². The van der Waals surface area contributed by atoms with Gasteiger partial charge in [0.15, 0.2) is 5.58 Å². The summed E-state index contributed by atoms with van der Waals surface area (Å²) in [5.74, 6) is 1.12. The Morgan fingerprint density at radius 1 is 1.11 bits per heavy atom. The van der Waals surface area contributed by atoms with Gasteiger partial charge in [0, 0.05) is 23.4 Å². The van der Waals surface area contributed by atoms with E-state index < -0.39 is 0 Å². The lowest BCUT2D eigenvalue weighted by Crippen LogP contribution is -1.91. The van der Waals surface area contributed by atoms with E-state index in [0.29, 0.717) is 34.1 Å². The molecule has 19 heavy (non-hydrogen) atoms. The van der Waals surface area contributed by atoms with Gasteiger partial charge in [0.25, 0.3) is 0 Å². The molecule has 0 bridgehead atoms. The molecule has 2 aromatic carbocycles. The predicted molar refractivity (Wildman–Crippen MR) is 74.8 cm³/mol. The Bertz CT molecular complexity index is 732. The molecule has 5 heteroatoms. The maximum atomic E-state index is 5.84. The summed E-state index contributed by atoms with van der Waals surface area (Å²) in [6.45, 7) is 0. The summed E-state index contributed by atoms with van der Waals surface area (Å²) in [6, 6.07) is 10.8. The van der Waals surface area contributed by atoms with Crippen LogP contribution >= 0.6 is 0 Å². The highest BCUT2D eigenvalue weighted by Gasteiger charge is 2.11. The summed E-state index contributed by atoms with van der Waals surface area (Å²) in [4.78, 5) is 4.42. The molecule has 0 aliphatic rings. The molecule has 96 valence electrons. The number of methoxy groups -OCH3 is 1. The van der Waals surface area contributed by atoms with Gasteiger partial charge in [0.2, 0.25) is 5.89 Å². The molecule has 0 saturated carbocycles. The van der Waals surface area contributed by atoms with Gasteiger partial charge in [-0.3, -0.25) is 0 Å². The monoisotopic (exact) mass is 255 g/mol. The lowest BCUT2D eigenvalue weighted by Gasteiger charge is -2.01. The van der Waals surface area contributed by atoms with E-state index in [9.17, 15) is 0 Å². The van der Waals surface area contributed by atoms with Gasteiger partial charge in [0.05, 0.1) is 12.8 Å². The summed E-state index contributed by atoms with van der Waals surface area (Å²) in [5, 5.41) is 0. The number of oxazole rings is 1. The maximum Gasteiger partial charge on any atom is 0.227 e. The smallest absolute Gasteiger partial charge is 0.227 e. The van der Waals surface area contributed by atoms with Crippen molar-refractivity contribution in [2.45, 2.75) is 0 Å². The Labute approximate surface area is 109 Å². The lowest BCUT2D eigenvalue weighted by atomic mass is 10.2. The first-order valence-electron chi connectivity index (χ1n) is 5.77. The minimum atomic E-state index is 0.523. The zero-order chi connectivity index (χ0) is 13.4. The Hall–Kier alpha value is -2.69. The van der Waals surface area contributed by atoms with Crippen molar-refractivity contribution in [1.82, 2.24) is 4.98 Å². The zero-order valence-electron chi connectivity index (χ0n) is 10.4. The van der Waals surface area contributed by atoms with Crippen molar-refractivity contribution in [3.63, 3.8) is 0 Å². The van der Waals surface area contributed by atoms with Crippen LogP contribution < -0.4 is 16.2 Å². The predicted octanol–water partition coefficient (Wildman–Crippen LogP) is 2.67. The highest BCUT2D eigenvalue weighted by Crippen LogP contribution is 2.31. The molecule has 1 heterocycles. The largest absolute Gasteiger partial charge is 0.495 e. The molecule has 5 nitrogen and oxygen atoms in total. The number of hydrogen-bond donors (Lipinski definition) is 2. The Morgan fingerprint density at radius 3 is 2.53 bits per heavy atom. The number of ether oxygens (including phenoxy) is 1. The molecule has 0 fully saturated rings. The molecule has 0 aliphatic heterocycles. The number of hydrogen-bond acceptors (Lipinski definition) is 5. The zero-order valence-corrected chi connectivity index (χ0v) is 10.4. The van der Waals surface area contributed by atoms with Crippen molar-refractivity contribution in [1.29, 1.82) is 0 Å². The van der Waals surface area contributed by atoms with Crippen molar-refractivity contribution in [3.05, 3.63) is 36.4 Å². The lowest BCUT2D eigenvalue weighted by molar-refractivity contribution is 0.417. The number of nitrogens with zero attached hydrogens (tertiary/aromatic N) is 1. The number of benzene rings is 2. The van der Waals surface area contributed by atoms with E-state index in [4.69, 9.17) is 20.6 Å². The maximum absolute atomic E-state index is 5.84. The Kier molecular flexibility index (Phi) is 2.52. The van der Waals surface area contributed by atoms with E-state index >= 15 is 0 Å². The number of fused-ring (bicyclic) bond motifs is 1. The molecule has 0 unspecified atom stereocenters. The standard InChI is InChI=1S/C14H13N3O2/c1-18-12-7-11-13(6-10(12)16)19-14(17-11)8-2-4-9(15)5-3-8/h2-7H,15-16H2,1H3. The number of nitrogen functional groups attached to an aromatic ring is 2. The molecule has 0 saturated heterocycles. The van der Waals surface area contributed by atoms with Gasteiger partial charge in [-0.2, -0.15) is 0 Å². The molecular weight excluding hydrogens is 242 g/mol. The quantitative estimate of drug-likeness (QED) is 0.687. The molecule has 3 aromatic rings. The highest BCUT2D eigenvalue weighted by atomic mass is 16.5. The first-order chi connectivity index (χ1) is 9.17. The fourth-order valence-corrected chi connectivity index (χ4v) is 1.90. The molecule has 0 atom stereocenters. The topological polar surface area (TPSA) is 87.3 Å². The minimum absolute atomic E-state index is 0.523. The second-order valence-corrected chi connectivity index (χ2v) is 4.20. The number of nitrogens with two attached hydrogens (primary N) is 2. The number of rotatable bonds is 2. The Morgan fingerprint density at radius 2 is 1.84 bits per heavy atom. The summed E-state index contributed by atoms with van der Waals surface area (Å²) < 4.78 is 10.8. The summed E-state index contributed by atoms with van der Waals surface area (Å²) in [7, 11) is 1.57. The summed E-state index contributed by atoms with van der Waals surface area (Å²) in [5.41, 5.74) is 14.9. The minimum Gasteiger partial charge on any atom is -0.495 e. The van der Waals surface area contributed by atoms with E-state index in [-0.39, 0.29) is 0 Å². The molecular formula is C14H13N3O2. The van der Waals surface area contributed by atoms with Crippen LogP contribution in [0, 0.1) is 0 Å². The molecule has 0 spiro atoms. The molecule has 4 N–H and O–H groups in total. The van der Waals surface area contributed by atoms with Crippen LogP contribution in [-0.2, 0) is 0 Å². The van der Waals surface area contributed by atoms with Crippen LogP contribution in [0.25, 0.3) is 22.6 Å². The van der Waals surface area contributed by atoms with E-state index in [1.807, 2.05) is 12.1 Å². The first-order valence-corrected chi connectivity index (χ1v) is 5.77. The second kappa shape index (κ2) is 4.20. The summed E-state index contributed by atoms with van der Waals surface area (Å²) in [6.07, 6.45) is 0. The molecule has 0 aliphatic carbocycles.